The Morgan fingerprint density at radius 2 is 2.04 bits per heavy atom. The number of ether oxygens (including phenoxy) is 1. The molecule has 7 nitrogen and oxygen atoms in total. The van der Waals surface area contributed by atoms with Crippen molar-refractivity contribution >= 4 is 6.03 Å². The van der Waals surface area contributed by atoms with Crippen molar-refractivity contribution in [1.82, 2.24) is 25.0 Å². The molecule has 2 unspecified atom stereocenters. The maximum Gasteiger partial charge on any atom is 0.317 e. The highest BCUT2D eigenvalue weighted by Gasteiger charge is 2.56. The number of rotatable bonds is 6. The average Bonchev–Trinajstić information content (AvgIpc) is 3.13. The molecule has 24 heavy (non-hydrogen) atoms. The minimum absolute atomic E-state index is 0.00738. The summed E-state index contributed by atoms with van der Waals surface area (Å²) in [6.07, 6.45) is 10.7. The van der Waals surface area contributed by atoms with Gasteiger partial charge in [-0.05, 0) is 26.2 Å². The van der Waals surface area contributed by atoms with Gasteiger partial charge >= 0.3 is 6.03 Å². The van der Waals surface area contributed by atoms with E-state index in [4.69, 9.17) is 4.74 Å². The molecule has 0 bridgehead atoms. The second-order valence-electron chi connectivity index (χ2n) is 7.10. The Kier molecular flexibility index (Phi) is 5.38. The van der Waals surface area contributed by atoms with Gasteiger partial charge in [-0.2, -0.15) is 0 Å². The molecule has 1 aromatic rings. The Hall–Kier alpha value is -1.63. The first kappa shape index (κ1) is 17.2. The third kappa shape index (κ3) is 3.41. The molecule has 1 heterocycles. The summed E-state index contributed by atoms with van der Waals surface area (Å²) in [7, 11) is 1.84. The first-order chi connectivity index (χ1) is 11.7. The Labute approximate surface area is 143 Å². The fourth-order valence-electron chi connectivity index (χ4n) is 4.23. The zero-order valence-electron chi connectivity index (χ0n) is 14.8. The van der Waals surface area contributed by atoms with Gasteiger partial charge in [0.05, 0.1) is 6.10 Å². The predicted molar refractivity (Wildman–Crippen MR) is 90.5 cm³/mol. The molecule has 1 N–H and O–H groups in total. The van der Waals surface area contributed by atoms with E-state index in [0.29, 0.717) is 19.2 Å². The molecule has 2 atom stereocenters. The first-order valence-electron chi connectivity index (χ1n) is 9.11. The lowest BCUT2D eigenvalue weighted by atomic mass is 9.55. The molecule has 0 aromatic carbocycles. The van der Waals surface area contributed by atoms with Crippen LogP contribution in [-0.4, -0.2) is 58.0 Å². The van der Waals surface area contributed by atoms with Gasteiger partial charge in [0, 0.05) is 38.2 Å². The molecule has 7 heteroatoms. The minimum Gasteiger partial charge on any atom is -0.378 e. The van der Waals surface area contributed by atoms with Crippen molar-refractivity contribution in [3.8, 4) is 0 Å². The van der Waals surface area contributed by atoms with Crippen molar-refractivity contribution in [3.05, 3.63) is 12.7 Å². The summed E-state index contributed by atoms with van der Waals surface area (Å²) in [4.78, 5) is 14.3. The number of nitrogens with zero attached hydrogens (tertiary/aromatic N) is 4. The summed E-state index contributed by atoms with van der Waals surface area (Å²) in [5.74, 6) is 0. The molecule has 0 aliphatic heterocycles. The van der Waals surface area contributed by atoms with Crippen LogP contribution < -0.4 is 5.32 Å². The summed E-state index contributed by atoms with van der Waals surface area (Å²) in [6, 6.07) is 0.257. The van der Waals surface area contributed by atoms with Crippen molar-refractivity contribution in [2.75, 3.05) is 20.2 Å². The van der Waals surface area contributed by atoms with Gasteiger partial charge in [0.25, 0.3) is 0 Å². The fourth-order valence-corrected chi connectivity index (χ4v) is 4.23. The first-order valence-corrected chi connectivity index (χ1v) is 9.11. The van der Waals surface area contributed by atoms with E-state index < -0.39 is 0 Å². The number of likely N-dealkylation sites (N-methyl/N-ethyl adjacent to an activating group) is 1. The van der Waals surface area contributed by atoms with Crippen LogP contribution in [0.1, 0.15) is 45.4 Å². The van der Waals surface area contributed by atoms with Crippen LogP contribution in [0.5, 0.6) is 0 Å². The van der Waals surface area contributed by atoms with Crippen molar-refractivity contribution in [2.45, 2.75) is 64.1 Å². The summed E-state index contributed by atoms with van der Waals surface area (Å²) >= 11 is 0. The monoisotopic (exact) mass is 335 g/mol. The highest BCUT2D eigenvalue weighted by molar-refractivity contribution is 5.74. The van der Waals surface area contributed by atoms with Crippen molar-refractivity contribution in [1.29, 1.82) is 0 Å². The SMILES string of the molecule is CCOC1CC(NC(=O)N(C)CCn2cnnc2)C12CCCCC2. The van der Waals surface area contributed by atoms with E-state index in [1.807, 2.05) is 11.6 Å². The molecule has 2 aliphatic carbocycles. The van der Waals surface area contributed by atoms with E-state index in [9.17, 15) is 4.79 Å². The predicted octanol–water partition coefficient (Wildman–Crippen LogP) is 2.05. The van der Waals surface area contributed by atoms with Crippen LogP contribution in [0.15, 0.2) is 12.7 Å². The number of hydrogen-bond donors (Lipinski definition) is 1. The van der Waals surface area contributed by atoms with Gasteiger partial charge in [-0.25, -0.2) is 4.79 Å². The average molecular weight is 335 g/mol. The van der Waals surface area contributed by atoms with Crippen LogP contribution >= 0.6 is 0 Å². The number of amides is 2. The second kappa shape index (κ2) is 7.51. The van der Waals surface area contributed by atoms with Gasteiger partial charge in [0.15, 0.2) is 0 Å². The van der Waals surface area contributed by atoms with Crippen molar-refractivity contribution in [3.63, 3.8) is 0 Å². The lowest BCUT2D eigenvalue weighted by molar-refractivity contribution is -0.147. The van der Waals surface area contributed by atoms with Gasteiger partial charge in [-0.3, -0.25) is 0 Å². The third-order valence-corrected chi connectivity index (χ3v) is 5.74. The van der Waals surface area contributed by atoms with Gasteiger partial charge < -0.3 is 19.5 Å². The standard InChI is InChI=1S/C17H29N5O2/c1-3-24-15-11-14(17(15)7-5-4-6-8-17)20-16(23)21(2)9-10-22-12-18-19-13-22/h12-15H,3-11H2,1-2H3,(H,20,23). The van der Waals surface area contributed by atoms with Gasteiger partial charge in [-0.1, -0.05) is 19.3 Å². The van der Waals surface area contributed by atoms with Crippen LogP contribution in [0.2, 0.25) is 0 Å². The molecule has 0 radical (unpaired) electrons. The van der Waals surface area contributed by atoms with E-state index >= 15 is 0 Å². The van der Waals surface area contributed by atoms with Crippen LogP contribution in [0.4, 0.5) is 4.79 Å². The number of hydrogen-bond acceptors (Lipinski definition) is 4. The number of carbonyl (C=O) groups excluding carboxylic acids is 1. The molecule has 0 saturated heterocycles. The summed E-state index contributed by atoms with van der Waals surface area (Å²) in [5, 5.41) is 10.8. The molecule has 3 rings (SSSR count). The highest BCUT2D eigenvalue weighted by Crippen LogP contribution is 2.53. The second-order valence-corrected chi connectivity index (χ2v) is 7.10. The van der Waals surface area contributed by atoms with E-state index in [1.54, 1.807) is 17.6 Å². The van der Waals surface area contributed by atoms with E-state index in [2.05, 4.69) is 22.4 Å². The number of nitrogens with one attached hydrogen (secondary N) is 1. The zero-order chi connectivity index (χ0) is 17.0. The Morgan fingerprint density at radius 1 is 1.33 bits per heavy atom. The van der Waals surface area contributed by atoms with E-state index in [1.165, 1.54) is 32.1 Å². The normalized spacial score (nSPS) is 25.2. The molecule has 134 valence electrons. The van der Waals surface area contributed by atoms with Crippen LogP contribution in [-0.2, 0) is 11.3 Å². The topological polar surface area (TPSA) is 72.3 Å². The lowest BCUT2D eigenvalue weighted by Crippen LogP contribution is -2.66. The third-order valence-electron chi connectivity index (χ3n) is 5.74. The lowest BCUT2D eigenvalue weighted by Gasteiger charge is -2.57. The van der Waals surface area contributed by atoms with E-state index in [-0.39, 0.29) is 17.5 Å². The van der Waals surface area contributed by atoms with Crippen LogP contribution in [0.3, 0.4) is 0 Å². The zero-order valence-corrected chi connectivity index (χ0v) is 14.8. The largest absolute Gasteiger partial charge is 0.378 e. The Bertz CT molecular complexity index is 527. The van der Waals surface area contributed by atoms with Gasteiger partial charge in [0.2, 0.25) is 0 Å². The molecule has 1 spiro atoms. The van der Waals surface area contributed by atoms with Crippen molar-refractivity contribution in [2.24, 2.45) is 5.41 Å². The summed E-state index contributed by atoms with van der Waals surface area (Å²) in [5.41, 5.74) is 0.166. The summed E-state index contributed by atoms with van der Waals surface area (Å²) < 4.78 is 7.83. The molecule has 2 amide bonds. The van der Waals surface area contributed by atoms with Crippen LogP contribution in [0.25, 0.3) is 0 Å². The minimum atomic E-state index is 0.00738. The van der Waals surface area contributed by atoms with Crippen LogP contribution in [0, 0.1) is 5.41 Å². The maximum atomic E-state index is 12.5. The highest BCUT2D eigenvalue weighted by atomic mass is 16.5. The number of aromatic nitrogens is 3. The van der Waals surface area contributed by atoms with Gasteiger partial charge in [-0.15, -0.1) is 10.2 Å². The summed E-state index contributed by atoms with van der Waals surface area (Å²) in [6.45, 7) is 4.15. The van der Waals surface area contributed by atoms with Gasteiger partial charge in [0.1, 0.15) is 12.7 Å². The van der Waals surface area contributed by atoms with E-state index in [0.717, 1.165) is 13.0 Å². The number of carbonyl (C=O) groups is 1. The molecule has 2 saturated carbocycles. The Morgan fingerprint density at radius 3 is 2.71 bits per heavy atom. The molecule has 2 fully saturated rings. The smallest absolute Gasteiger partial charge is 0.317 e. The Balaban J connectivity index is 1.53. The maximum absolute atomic E-state index is 12.5. The number of urea groups is 1. The quantitative estimate of drug-likeness (QED) is 0.863. The molecule has 2 aliphatic rings. The fraction of sp³-hybridized carbons (Fsp3) is 0.824. The molecular formula is C17H29N5O2. The van der Waals surface area contributed by atoms with Crippen molar-refractivity contribution < 1.29 is 9.53 Å². The molecular weight excluding hydrogens is 306 g/mol. The molecule has 1 aromatic heterocycles.